The molecule has 2 amide bonds. The Balaban J connectivity index is 1.91. The maximum Gasteiger partial charge on any atom is 0.266 e. The average molecular weight is 326 g/mol. The molecule has 2 aliphatic heterocycles. The third-order valence-corrected chi connectivity index (χ3v) is 4.60. The second-order valence-electron chi connectivity index (χ2n) is 6.46. The summed E-state index contributed by atoms with van der Waals surface area (Å²) in [6.45, 7) is -0.404. The molecule has 1 aromatic rings. The highest BCUT2D eigenvalue weighted by Gasteiger charge is 2.57. The molecule has 7 heteroatoms. The maximum atomic E-state index is 14.2. The normalized spacial score (nSPS) is 26.9. The standard InChI is InChI=1S/C16H17F3N2O2/c1-20-6-5-15(14(20)23)8-16(18,19)10-21(9-15)13(22)11-3-2-4-12(17)7-11/h2-4,7H,5-6,8-10H2,1H3. The third-order valence-electron chi connectivity index (χ3n) is 4.60. The van der Waals surface area contributed by atoms with E-state index in [1.54, 1.807) is 7.05 Å². The van der Waals surface area contributed by atoms with Gasteiger partial charge in [-0.25, -0.2) is 13.2 Å². The topological polar surface area (TPSA) is 40.6 Å². The first-order chi connectivity index (χ1) is 10.7. The summed E-state index contributed by atoms with van der Waals surface area (Å²) in [7, 11) is 1.57. The predicted molar refractivity (Wildman–Crippen MR) is 76.6 cm³/mol. The van der Waals surface area contributed by atoms with Gasteiger partial charge in [-0.1, -0.05) is 6.07 Å². The number of benzene rings is 1. The molecular formula is C16H17F3N2O2. The molecule has 3 rings (SSSR count). The van der Waals surface area contributed by atoms with Crippen LogP contribution in [0.3, 0.4) is 0 Å². The van der Waals surface area contributed by atoms with Crippen LogP contribution in [0.1, 0.15) is 23.2 Å². The summed E-state index contributed by atoms with van der Waals surface area (Å²) in [6, 6.07) is 4.94. The maximum absolute atomic E-state index is 14.2. The van der Waals surface area contributed by atoms with E-state index in [0.717, 1.165) is 11.0 Å². The predicted octanol–water partition coefficient (Wildman–Crippen LogP) is 2.16. The van der Waals surface area contributed by atoms with Crippen LogP contribution in [0, 0.1) is 11.2 Å². The Kier molecular flexibility index (Phi) is 3.61. The fraction of sp³-hybridized carbons (Fsp3) is 0.500. The van der Waals surface area contributed by atoms with E-state index in [4.69, 9.17) is 0 Å². The Hall–Kier alpha value is -2.05. The molecule has 0 bridgehead atoms. The first kappa shape index (κ1) is 15.8. The lowest BCUT2D eigenvalue weighted by Crippen LogP contribution is -2.57. The van der Waals surface area contributed by atoms with Crippen LogP contribution >= 0.6 is 0 Å². The number of hydrogen-bond donors (Lipinski definition) is 0. The zero-order chi connectivity index (χ0) is 16.8. The number of likely N-dealkylation sites (tertiary alicyclic amines) is 2. The van der Waals surface area contributed by atoms with Crippen molar-refractivity contribution in [3.8, 4) is 0 Å². The SMILES string of the molecule is CN1CCC2(CN(C(=O)c3cccc(F)c3)CC(F)(F)C2)C1=O. The van der Waals surface area contributed by atoms with Crippen molar-refractivity contribution >= 4 is 11.8 Å². The van der Waals surface area contributed by atoms with Crippen LogP contribution in [0.15, 0.2) is 24.3 Å². The number of piperidine rings is 1. The van der Waals surface area contributed by atoms with E-state index in [-0.39, 0.29) is 18.0 Å². The van der Waals surface area contributed by atoms with Crippen LogP contribution in [0.4, 0.5) is 13.2 Å². The molecule has 23 heavy (non-hydrogen) atoms. The van der Waals surface area contributed by atoms with E-state index in [0.29, 0.717) is 13.0 Å². The largest absolute Gasteiger partial charge is 0.345 e. The molecular weight excluding hydrogens is 309 g/mol. The molecule has 0 N–H and O–H groups in total. The fourth-order valence-corrected chi connectivity index (χ4v) is 3.56. The van der Waals surface area contributed by atoms with E-state index >= 15 is 0 Å². The molecule has 0 radical (unpaired) electrons. The Morgan fingerprint density at radius 3 is 2.61 bits per heavy atom. The van der Waals surface area contributed by atoms with Gasteiger partial charge in [0.2, 0.25) is 5.91 Å². The minimum Gasteiger partial charge on any atom is -0.345 e. The second-order valence-corrected chi connectivity index (χ2v) is 6.46. The minimum absolute atomic E-state index is 0.0108. The monoisotopic (exact) mass is 326 g/mol. The van der Waals surface area contributed by atoms with E-state index in [9.17, 15) is 22.8 Å². The van der Waals surface area contributed by atoms with Crippen molar-refractivity contribution < 1.29 is 22.8 Å². The fourth-order valence-electron chi connectivity index (χ4n) is 3.56. The Labute approximate surface area is 131 Å². The lowest BCUT2D eigenvalue weighted by atomic mass is 9.76. The average Bonchev–Trinajstić information content (AvgIpc) is 2.73. The summed E-state index contributed by atoms with van der Waals surface area (Å²) < 4.78 is 41.6. The number of carbonyl (C=O) groups excluding carboxylic acids is 2. The van der Waals surface area contributed by atoms with Crippen molar-refractivity contribution in [1.82, 2.24) is 9.80 Å². The van der Waals surface area contributed by atoms with Gasteiger partial charge in [-0.15, -0.1) is 0 Å². The molecule has 1 unspecified atom stereocenters. The molecule has 2 aliphatic rings. The van der Waals surface area contributed by atoms with Gasteiger partial charge >= 0.3 is 0 Å². The molecule has 0 aromatic heterocycles. The first-order valence-electron chi connectivity index (χ1n) is 7.41. The molecule has 2 fully saturated rings. The summed E-state index contributed by atoms with van der Waals surface area (Å²) in [5.74, 6) is -4.77. The van der Waals surface area contributed by atoms with Crippen molar-refractivity contribution in [2.75, 3.05) is 26.7 Å². The van der Waals surface area contributed by atoms with Gasteiger partial charge in [0.25, 0.3) is 11.8 Å². The number of hydrogen-bond acceptors (Lipinski definition) is 2. The lowest BCUT2D eigenvalue weighted by molar-refractivity contribution is -0.150. The second kappa shape index (κ2) is 5.25. The summed E-state index contributed by atoms with van der Waals surface area (Å²) in [6.07, 6.45) is -0.249. The van der Waals surface area contributed by atoms with Crippen molar-refractivity contribution in [1.29, 1.82) is 0 Å². The van der Waals surface area contributed by atoms with E-state index < -0.39 is 36.0 Å². The summed E-state index contributed by atoms with van der Waals surface area (Å²) in [5, 5.41) is 0. The number of carbonyl (C=O) groups is 2. The zero-order valence-corrected chi connectivity index (χ0v) is 12.7. The van der Waals surface area contributed by atoms with E-state index in [1.165, 1.54) is 23.1 Å². The summed E-state index contributed by atoms with van der Waals surface area (Å²) in [5.41, 5.74) is -1.23. The van der Waals surface area contributed by atoms with Crippen molar-refractivity contribution in [2.24, 2.45) is 5.41 Å². The Bertz CT molecular complexity index is 664. The van der Waals surface area contributed by atoms with Crippen LogP contribution in [-0.4, -0.2) is 54.2 Å². The molecule has 0 aliphatic carbocycles. The van der Waals surface area contributed by atoms with Crippen LogP contribution < -0.4 is 0 Å². The summed E-state index contributed by atoms with van der Waals surface area (Å²) >= 11 is 0. The third kappa shape index (κ3) is 2.80. The molecule has 2 heterocycles. The highest BCUT2D eigenvalue weighted by molar-refractivity contribution is 5.95. The highest BCUT2D eigenvalue weighted by Crippen LogP contribution is 2.45. The van der Waals surface area contributed by atoms with Crippen LogP contribution in [0.25, 0.3) is 0 Å². The molecule has 1 atom stereocenters. The van der Waals surface area contributed by atoms with Gasteiger partial charge in [-0.05, 0) is 24.6 Å². The smallest absolute Gasteiger partial charge is 0.266 e. The van der Waals surface area contributed by atoms with Crippen LogP contribution in [0.5, 0.6) is 0 Å². The Morgan fingerprint density at radius 1 is 1.26 bits per heavy atom. The number of alkyl halides is 2. The van der Waals surface area contributed by atoms with Crippen LogP contribution in [-0.2, 0) is 4.79 Å². The highest BCUT2D eigenvalue weighted by atomic mass is 19.3. The van der Waals surface area contributed by atoms with Gasteiger partial charge in [0, 0.05) is 32.1 Å². The molecule has 1 aromatic carbocycles. The number of amides is 2. The minimum atomic E-state index is -3.14. The van der Waals surface area contributed by atoms with Gasteiger partial charge in [-0.2, -0.15) is 0 Å². The number of halogens is 3. The quantitative estimate of drug-likeness (QED) is 0.793. The van der Waals surface area contributed by atoms with Gasteiger partial charge in [0.1, 0.15) is 5.82 Å². The van der Waals surface area contributed by atoms with E-state index in [2.05, 4.69) is 0 Å². The Morgan fingerprint density at radius 2 is 2.00 bits per heavy atom. The van der Waals surface area contributed by atoms with Crippen molar-refractivity contribution in [3.63, 3.8) is 0 Å². The van der Waals surface area contributed by atoms with Gasteiger partial charge in [-0.3, -0.25) is 9.59 Å². The number of rotatable bonds is 1. The van der Waals surface area contributed by atoms with Gasteiger partial charge < -0.3 is 9.80 Å². The van der Waals surface area contributed by atoms with Crippen LogP contribution in [0.2, 0.25) is 0 Å². The summed E-state index contributed by atoms with van der Waals surface area (Å²) in [4.78, 5) is 27.2. The molecule has 4 nitrogen and oxygen atoms in total. The van der Waals surface area contributed by atoms with Gasteiger partial charge in [0.05, 0.1) is 12.0 Å². The molecule has 1 spiro atoms. The van der Waals surface area contributed by atoms with Gasteiger partial charge in [0.15, 0.2) is 0 Å². The van der Waals surface area contributed by atoms with Crippen molar-refractivity contribution in [3.05, 3.63) is 35.6 Å². The van der Waals surface area contributed by atoms with Crippen molar-refractivity contribution in [2.45, 2.75) is 18.8 Å². The number of nitrogens with zero attached hydrogens (tertiary/aromatic N) is 2. The zero-order valence-electron chi connectivity index (χ0n) is 12.7. The lowest BCUT2D eigenvalue weighted by Gasteiger charge is -2.42. The van der Waals surface area contributed by atoms with E-state index in [1.807, 2.05) is 0 Å². The first-order valence-corrected chi connectivity index (χ1v) is 7.41. The molecule has 2 saturated heterocycles. The molecule has 0 saturated carbocycles. The molecule has 124 valence electrons.